The SMILES string of the molecule is CCCCCCCCCCC[C@@H](O)CC(=O)N[C@@H](CC(N)=O)C(=O)N[C@H](C(=O)NC(C=O)CC(C)C)C(O)CC(N)=O. The molecule has 0 aromatic carbocycles. The topological polar surface area (TPSA) is 231 Å². The van der Waals surface area contributed by atoms with Crippen LogP contribution in [0.5, 0.6) is 0 Å². The summed E-state index contributed by atoms with van der Waals surface area (Å²) in [6, 6.07) is -4.18. The van der Waals surface area contributed by atoms with Crippen molar-refractivity contribution >= 4 is 35.8 Å². The second-order valence-corrected chi connectivity index (χ2v) is 11.4. The average molecular weight is 600 g/mol. The van der Waals surface area contributed by atoms with Crippen LogP contribution in [0, 0.1) is 5.92 Å². The second-order valence-electron chi connectivity index (χ2n) is 11.4. The summed E-state index contributed by atoms with van der Waals surface area (Å²) >= 11 is 0. The van der Waals surface area contributed by atoms with Gasteiger partial charge in [-0.1, -0.05) is 78.6 Å². The van der Waals surface area contributed by atoms with E-state index in [0.717, 1.165) is 25.7 Å². The van der Waals surface area contributed by atoms with Crippen LogP contribution < -0.4 is 27.4 Å². The second kappa shape index (κ2) is 22.5. The number of aliphatic hydroxyl groups excluding tert-OH is 2. The summed E-state index contributed by atoms with van der Waals surface area (Å²) in [6.07, 6.45) is 6.80. The molecule has 0 saturated carbocycles. The van der Waals surface area contributed by atoms with Gasteiger partial charge in [0.2, 0.25) is 29.5 Å². The molecule has 2 unspecified atom stereocenters. The van der Waals surface area contributed by atoms with Crippen molar-refractivity contribution in [3.8, 4) is 0 Å². The minimum atomic E-state index is -1.76. The van der Waals surface area contributed by atoms with E-state index >= 15 is 0 Å². The summed E-state index contributed by atoms with van der Waals surface area (Å²) in [5.41, 5.74) is 10.4. The fraction of sp³-hybridized carbons (Fsp3) is 0.793. The first kappa shape index (κ1) is 38.9. The predicted molar refractivity (Wildman–Crippen MR) is 157 cm³/mol. The van der Waals surface area contributed by atoms with Crippen molar-refractivity contribution in [1.29, 1.82) is 0 Å². The zero-order valence-corrected chi connectivity index (χ0v) is 25.4. The molecule has 0 saturated heterocycles. The Hall–Kier alpha value is -3.06. The number of aldehydes is 1. The van der Waals surface area contributed by atoms with Crippen molar-refractivity contribution in [2.24, 2.45) is 17.4 Å². The molecule has 13 heteroatoms. The molecule has 0 rings (SSSR count). The van der Waals surface area contributed by atoms with Crippen LogP contribution in [0.15, 0.2) is 0 Å². The molecule has 0 bridgehead atoms. The van der Waals surface area contributed by atoms with Gasteiger partial charge in [-0.25, -0.2) is 0 Å². The third kappa shape index (κ3) is 19.1. The van der Waals surface area contributed by atoms with E-state index in [1.807, 2.05) is 13.8 Å². The minimum Gasteiger partial charge on any atom is -0.393 e. The standard InChI is InChI=1S/C29H53N5O8/c1-4-5-6-7-8-9-10-11-12-13-21(36)15-26(40)33-22(16-24(30)38)28(41)34-27(23(37)17-25(31)39)29(42)32-20(18-35)14-19(2)3/h18-23,27,36-37H,4-17H2,1-3H3,(H2,30,38)(H2,31,39)(H,32,42)(H,33,40)(H,34,41)/t20?,21-,22+,23?,27+/m1/s1. The van der Waals surface area contributed by atoms with E-state index in [9.17, 15) is 39.0 Å². The van der Waals surface area contributed by atoms with Gasteiger partial charge in [-0.2, -0.15) is 0 Å². The number of amides is 5. The van der Waals surface area contributed by atoms with Crippen molar-refractivity contribution in [2.75, 3.05) is 0 Å². The zero-order chi connectivity index (χ0) is 32.1. The van der Waals surface area contributed by atoms with Crippen LogP contribution in [0.1, 0.15) is 111 Å². The Labute approximate surface area is 249 Å². The maximum Gasteiger partial charge on any atom is 0.245 e. The van der Waals surface area contributed by atoms with Crippen molar-refractivity contribution < 1.29 is 39.0 Å². The Morgan fingerprint density at radius 2 is 1.29 bits per heavy atom. The van der Waals surface area contributed by atoms with Crippen LogP contribution in [-0.2, 0) is 28.8 Å². The first-order valence-electron chi connectivity index (χ1n) is 15.1. The number of nitrogens with two attached hydrogens (primary N) is 2. The summed E-state index contributed by atoms with van der Waals surface area (Å²) in [6.45, 7) is 5.83. The Bertz CT molecular complexity index is 854. The van der Waals surface area contributed by atoms with Crippen molar-refractivity contribution in [3.05, 3.63) is 0 Å². The van der Waals surface area contributed by atoms with Crippen molar-refractivity contribution in [1.82, 2.24) is 16.0 Å². The van der Waals surface area contributed by atoms with Gasteiger partial charge in [-0.05, 0) is 18.8 Å². The van der Waals surface area contributed by atoms with E-state index in [1.165, 1.54) is 32.1 Å². The van der Waals surface area contributed by atoms with Gasteiger partial charge in [0, 0.05) is 0 Å². The van der Waals surface area contributed by atoms with Crippen LogP contribution in [0.2, 0.25) is 0 Å². The Morgan fingerprint density at radius 3 is 1.79 bits per heavy atom. The minimum absolute atomic E-state index is 0.0370. The van der Waals surface area contributed by atoms with E-state index in [4.69, 9.17) is 11.5 Å². The molecule has 0 aromatic rings. The number of unbranched alkanes of at least 4 members (excludes halogenated alkanes) is 8. The molecule has 0 heterocycles. The molecule has 5 atom stereocenters. The van der Waals surface area contributed by atoms with Crippen molar-refractivity contribution in [2.45, 2.75) is 141 Å². The van der Waals surface area contributed by atoms with Crippen molar-refractivity contribution in [3.63, 3.8) is 0 Å². The van der Waals surface area contributed by atoms with Gasteiger partial charge in [0.25, 0.3) is 0 Å². The lowest BCUT2D eigenvalue weighted by Crippen LogP contribution is -2.60. The Kier molecular flexibility index (Phi) is 20.9. The number of carbonyl (C=O) groups excluding carboxylic acids is 6. The van der Waals surface area contributed by atoms with E-state index in [2.05, 4.69) is 22.9 Å². The first-order chi connectivity index (χ1) is 19.8. The van der Waals surface area contributed by atoms with Crippen LogP contribution in [0.3, 0.4) is 0 Å². The smallest absolute Gasteiger partial charge is 0.245 e. The molecular formula is C29H53N5O8. The summed E-state index contributed by atoms with van der Waals surface area (Å²) in [5, 5.41) is 27.7. The molecule has 0 radical (unpaired) electrons. The van der Waals surface area contributed by atoms with Crippen LogP contribution >= 0.6 is 0 Å². The summed E-state index contributed by atoms with van der Waals surface area (Å²) in [4.78, 5) is 72.9. The molecule has 5 amide bonds. The molecule has 0 aliphatic carbocycles. The van der Waals surface area contributed by atoms with Crippen LogP contribution in [-0.4, -0.2) is 76.4 Å². The number of carbonyl (C=O) groups is 6. The van der Waals surface area contributed by atoms with Gasteiger partial charge in [-0.15, -0.1) is 0 Å². The maximum atomic E-state index is 13.0. The summed E-state index contributed by atoms with van der Waals surface area (Å²) < 4.78 is 0. The highest BCUT2D eigenvalue weighted by Crippen LogP contribution is 2.13. The molecule has 0 aromatic heterocycles. The summed E-state index contributed by atoms with van der Waals surface area (Å²) in [7, 11) is 0. The van der Waals surface area contributed by atoms with E-state index in [1.54, 1.807) is 0 Å². The normalized spacial score (nSPS) is 14.7. The zero-order valence-electron chi connectivity index (χ0n) is 25.4. The molecule has 13 nitrogen and oxygen atoms in total. The molecule has 0 aliphatic heterocycles. The molecular weight excluding hydrogens is 546 g/mol. The highest BCUT2D eigenvalue weighted by atomic mass is 16.3. The maximum absolute atomic E-state index is 13.0. The van der Waals surface area contributed by atoms with Gasteiger partial charge in [0.1, 0.15) is 18.4 Å². The quantitative estimate of drug-likeness (QED) is 0.0574. The summed E-state index contributed by atoms with van der Waals surface area (Å²) in [5.74, 6) is -4.55. The van der Waals surface area contributed by atoms with Gasteiger partial charge in [0.15, 0.2) is 0 Å². The average Bonchev–Trinajstić information content (AvgIpc) is 2.88. The lowest BCUT2D eigenvalue weighted by atomic mass is 10.0. The van der Waals surface area contributed by atoms with Gasteiger partial charge >= 0.3 is 0 Å². The fourth-order valence-corrected chi connectivity index (χ4v) is 4.51. The highest BCUT2D eigenvalue weighted by molar-refractivity contribution is 5.95. The molecule has 0 fully saturated rings. The number of nitrogens with one attached hydrogen (secondary N) is 3. The molecule has 9 N–H and O–H groups in total. The fourth-order valence-electron chi connectivity index (χ4n) is 4.51. The third-order valence-electron chi connectivity index (χ3n) is 6.71. The van der Waals surface area contributed by atoms with E-state index in [-0.39, 0.29) is 18.8 Å². The van der Waals surface area contributed by atoms with Gasteiger partial charge in [-0.3, -0.25) is 24.0 Å². The van der Waals surface area contributed by atoms with E-state index < -0.39 is 72.7 Å². The van der Waals surface area contributed by atoms with Gasteiger partial charge < -0.3 is 42.4 Å². The van der Waals surface area contributed by atoms with Gasteiger partial charge in [0.05, 0.1) is 37.5 Å². The predicted octanol–water partition coefficient (Wildman–Crippen LogP) is 0.469. The van der Waals surface area contributed by atoms with E-state index in [0.29, 0.717) is 12.7 Å². The number of hydrogen-bond donors (Lipinski definition) is 7. The highest BCUT2D eigenvalue weighted by Gasteiger charge is 2.34. The Morgan fingerprint density at radius 1 is 0.738 bits per heavy atom. The third-order valence-corrected chi connectivity index (χ3v) is 6.71. The number of aliphatic hydroxyl groups is 2. The molecule has 0 spiro atoms. The number of hydrogen-bond acceptors (Lipinski definition) is 8. The molecule has 242 valence electrons. The first-order valence-corrected chi connectivity index (χ1v) is 15.1. The lowest BCUT2D eigenvalue weighted by Gasteiger charge is -2.27. The largest absolute Gasteiger partial charge is 0.393 e. The van der Waals surface area contributed by atoms with Crippen LogP contribution in [0.4, 0.5) is 0 Å². The lowest BCUT2D eigenvalue weighted by molar-refractivity contribution is -0.136. The number of primary amides is 2. The number of rotatable bonds is 25. The van der Waals surface area contributed by atoms with Crippen LogP contribution in [0.25, 0.3) is 0 Å². The molecule has 42 heavy (non-hydrogen) atoms. The Balaban J connectivity index is 5.14. The monoisotopic (exact) mass is 599 g/mol. The molecule has 0 aliphatic rings.